The summed E-state index contributed by atoms with van der Waals surface area (Å²) in [4.78, 5) is 8.57. The minimum absolute atomic E-state index is 0.407. The van der Waals surface area contributed by atoms with E-state index in [4.69, 9.17) is 9.47 Å². The van der Waals surface area contributed by atoms with Crippen LogP contribution in [0.1, 0.15) is 19.8 Å². The Balaban J connectivity index is 1.89. The van der Waals surface area contributed by atoms with E-state index in [-0.39, 0.29) is 0 Å². The van der Waals surface area contributed by atoms with Crippen LogP contribution < -0.4 is 14.8 Å². The van der Waals surface area contributed by atoms with Gasteiger partial charge in [0.1, 0.15) is 17.8 Å². The number of aromatic nitrogens is 2. The van der Waals surface area contributed by atoms with Gasteiger partial charge in [0, 0.05) is 12.1 Å². The summed E-state index contributed by atoms with van der Waals surface area (Å²) in [5, 5.41) is 3.18. The second kappa shape index (κ2) is 5.99. The summed E-state index contributed by atoms with van der Waals surface area (Å²) in [6, 6.07) is 7.95. The van der Waals surface area contributed by atoms with Crippen molar-refractivity contribution in [2.24, 2.45) is 0 Å². The zero-order valence-corrected chi connectivity index (χ0v) is 12.3. The van der Waals surface area contributed by atoms with Gasteiger partial charge in [-0.25, -0.2) is 9.97 Å². The average molecular weight is 285 g/mol. The van der Waals surface area contributed by atoms with E-state index in [9.17, 15) is 0 Å². The van der Waals surface area contributed by atoms with Gasteiger partial charge in [-0.05, 0) is 44.0 Å². The molecule has 0 atom stereocenters. The molecule has 1 N–H and O–H groups in total. The van der Waals surface area contributed by atoms with Gasteiger partial charge in [0.15, 0.2) is 11.6 Å². The van der Waals surface area contributed by atoms with Crippen molar-refractivity contribution in [1.82, 2.24) is 9.97 Å². The molecule has 1 aromatic carbocycles. The molecular formula is C16H19N3O2. The number of nitrogens with zero attached hydrogens (tertiary/aromatic N) is 2. The van der Waals surface area contributed by atoms with Crippen LogP contribution in [0.3, 0.4) is 0 Å². The van der Waals surface area contributed by atoms with E-state index in [0.717, 1.165) is 36.4 Å². The Hall–Kier alpha value is -2.30. The number of benzene rings is 1. The quantitative estimate of drug-likeness (QED) is 0.883. The van der Waals surface area contributed by atoms with E-state index in [0.29, 0.717) is 17.7 Å². The highest BCUT2D eigenvalue weighted by Gasteiger charge is 2.23. The molecule has 110 valence electrons. The Morgan fingerprint density at radius 1 is 1.19 bits per heavy atom. The topological polar surface area (TPSA) is 56.3 Å². The molecule has 0 saturated heterocycles. The lowest BCUT2D eigenvalue weighted by Crippen LogP contribution is -2.04. The van der Waals surface area contributed by atoms with Gasteiger partial charge in [0.2, 0.25) is 0 Å². The first-order valence-electron chi connectivity index (χ1n) is 7.21. The van der Waals surface area contributed by atoms with Gasteiger partial charge in [-0.2, -0.15) is 0 Å². The van der Waals surface area contributed by atoms with E-state index in [1.165, 1.54) is 0 Å². The van der Waals surface area contributed by atoms with Crippen molar-refractivity contribution in [2.45, 2.75) is 25.9 Å². The van der Waals surface area contributed by atoms with Crippen molar-refractivity contribution >= 4 is 5.82 Å². The van der Waals surface area contributed by atoms with Crippen molar-refractivity contribution in [3.05, 3.63) is 30.6 Å². The number of ether oxygens (including phenoxy) is 2. The lowest BCUT2D eigenvalue weighted by Gasteiger charge is -2.12. The third-order valence-corrected chi connectivity index (χ3v) is 3.31. The predicted octanol–water partition coefficient (Wildman–Crippen LogP) is 3.13. The summed E-state index contributed by atoms with van der Waals surface area (Å²) in [5.74, 6) is 2.28. The molecule has 1 aromatic heterocycles. The maximum absolute atomic E-state index is 5.76. The Morgan fingerprint density at radius 3 is 2.57 bits per heavy atom. The first kappa shape index (κ1) is 13.7. The molecule has 0 aliphatic heterocycles. The highest BCUT2D eigenvalue weighted by atomic mass is 16.5. The Bertz CT molecular complexity index is 609. The van der Waals surface area contributed by atoms with Crippen LogP contribution in [0.15, 0.2) is 30.6 Å². The fraction of sp³-hybridized carbons (Fsp3) is 0.375. The van der Waals surface area contributed by atoms with Gasteiger partial charge < -0.3 is 14.8 Å². The molecule has 3 rings (SSSR count). The van der Waals surface area contributed by atoms with Crippen LogP contribution in [0, 0.1) is 0 Å². The first-order valence-corrected chi connectivity index (χ1v) is 7.21. The minimum atomic E-state index is 0.407. The summed E-state index contributed by atoms with van der Waals surface area (Å²) < 4.78 is 11.2. The molecule has 1 aliphatic carbocycles. The van der Waals surface area contributed by atoms with Gasteiger partial charge in [0.25, 0.3) is 0 Å². The van der Waals surface area contributed by atoms with Crippen LogP contribution >= 0.6 is 0 Å². The number of methoxy groups -OCH3 is 1. The zero-order valence-electron chi connectivity index (χ0n) is 12.3. The molecule has 1 saturated carbocycles. The molecular weight excluding hydrogens is 266 g/mol. The normalized spacial score (nSPS) is 13.8. The van der Waals surface area contributed by atoms with Crippen molar-refractivity contribution < 1.29 is 9.47 Å². The molecule has 5 nitrogen and oxygen atoms in total. The van der Waals surface area contributed by atoms with Crippen molar-refractivity contribution in [3.63, 3.8) is 0 Å². The summed E-state index contributed by atoms with van der Waals surface area (Å²) in [6.07, 6.45) is 4.27. The summed E-state index contributed by atoms with van der Waals surface area (Å²) in [7, 11) is 1.63. The molecule has 0 amide bonds. The maximum Gasteiger partial charge on any atom is 0.187 e. The van der Waals surface area contributed by atoms with Crippen LogP contribution in [-0.4, -0.2) is 29.7 Å². The number of nitrogens with one attached hydrogen (secondary N) is 1. The van der Waals surface area contributed by atoms with Gasteiger partial charge in [-0.15, -0.1) is 0 Å². The summed E-state index contributed by atoms with van der Waals surface area (Å²) in [6.45, 7) is 2.80. The van der Waals surface area contributed by atoms with Crippen molar-refractivity contribution in [1.29, 1.82) is 0 Å². The van der Waals surface area contributed by atoms with E-state index in [1.807, 2.05) is 31.2 Å². The predicted molar refractivity (Wildman–Crippen MR) is 81.8 cm³/mol. The standard InChI is InChI=1S/C16H19N3O2/c1-3-17-16-15(20-2)14(18-10-19-16)11-4-6-12(7-5-11)21-13-8-9-13/h4-7,10,13H,3,8-9H2,1-2H3,(H,17,18,19). The number of rotatable bonds is 6. The minimum Gasteiger partial charge on any atom is -0.491 e. The molecule has 0 radical (unpaired) electrons. The third-order valence-electron chi connectivity index (χ3n) is 3.31. The third kappa shape index (κ3) is 3.07. The fourth-order valence-corrected chi connectivity index (χ4v) is 2.14. The lowest BCUT2D eigenvalue weighted by atomic mass is 10.1. The van der Waals surface area contributed by atoms with Gasteiger partial charge >= 0.3 is 0 Å². The SMILES string of the molecule is CCNc1ncnc(-c2ccc(OC3CC3)cc2)c1OC. The molecule has 0 unspecified atom stereocenters. The van der Waals surface area contributed by atoms with Crippen molar-refractivity contribution in [2.75, 3.05) is 19.0 Å². The van der Waals surface area contributed by atoms with Crippen LogP contribution in [0.4, 0.5) is 5.82 Å². The smallest absolute Gasteiger partial charge is 0.187 e. The molecule has 1 fully saturated rings. The summed E-state index contributed by atoms with van der Waals surface area (Å²) >= 11 is 0. The zero-order chi connectivity index (χ0) is 14.7. The maximum atomic E-state index is 5.76. The van der Waals surface area contributed by atoms with Gasteiger partial charge in [-0.1, -0.05) is 0 Å². The first-order chi connectivity index (χ1) is 10.3. The van der Waals surface area contributed by atoms with Gasteiger partial charge in [-0.3, -0.25) is 0 Å². The van der Waals surface area contributed by atoms with Crippen LogP contribution in [0.5, 0.6) is 11.5 Å². The Kier molecular flexibility index (Phi) is 3.90. The van der Waals surface area contributed by atoms with E-state index in [2.05, 4.69) is 15.3 Å². The second-order valence-corrected chi connectivity index (χ2v) is 4.98. The Morgan fingerprint density at radius 2 is 1.95 bits per heavy atom. The van der Waals surface area contributed by atoms with E-state index in [1.54, 1.807) is 13.4 Å². The van der Waals surface area contributed by atoms with E-state index < -0.39 is 0 Å². The molecule has 0 bridgehead atoms. The lowest BCUT2D eigenvalue weighted by molar-refractivity contribution is 0.303. The number of anilines is 1. The fourth-order valence-electron chi connectivity index (χ4n) is 2.14. The molecule has 1 heterocycles. The number of hydrogen-bond acceptors (Lipinski definition) is 5. The van der Waals surface area contributed by atoms with Crippen LogP contribution in [0.2, 0.25) is 0 Å². The van der Waals surface area contributed by atoms with Crippen LogP contribution in [0.25, 0.3) is 11.3 Å². The molecule has 21 heavy (non-hydrogen) atoms. The molecule has 5 heteroatoms. The van der Waals surface area contributed by atoms with Crippen molar-refractivity contribution in [3.8, 4) is 22.8 Å². The number of hydrogen-bond donors (Lipinski definition) is 1. The average Bonchev–Trinajstić information content (AvgIpc) is 3.32. The summed E-state index contributed by atoms with van der Waals surface area (Å²) in [5.41, 5.74) is 1.76. The molecule has 0 spiro atoms. The molecule has 1 aliphatic rings. The van der Waals surface area contributed by atoms with Crippen LogP contribution in [-0.2, 0) is 0 Å². The molecule has 2 aromatic rings. The highest BCUT2D eigenvalue weighted by Crippen LogP contribution is 2.34. The Labute approximate surface area is 124 Å². The largest absolute Gasteiger partial charge is 0.491 e. The monoisotopic (exact) mass is 285 g/mol. The highest BCUT2D eigenvalue weighted by molar-refractivity contribution is 5.72. The van der Waals surface area contributed by atoms with E-state index >= 15 is 0 Å². The second-order valence-electron chi connectivity index (χ2n) is 4.98. The van der Waals surface area contributed by atoms with Gasteiger partial charge in [0.05, 0.1) is 13.2 Å².